The third kappa shape index (κ3) is 1.57. The van der Waals surface area contributed by atoms with E-state index in [0.29, 0.717) is 11.4 Å². The zero-order chi connectivity index (χ0) is 12.5. The molecule has 0 spiro atoms. The summed E-state index contributed by atoms with van der Waals surface area (Å²) in [5, 5.41) is 8.32. The number of rotatable bonds is 2. The number of benzene rings is 1. The van der Waals surface area contributed by atoms with Crippen LogP contribution in [0.25, 0.3) is 17.0 Å². The Morgan fingerprint density at radius 2 is 2.06 bits per heavy atom. The van der Waals surface area contributed by atoms with Gasteiger partial charge in [-0.2, -0.15) is 0 Å². The van der Waals surface area contributed by atoms with Crippen molar-refractivity contribution in [1.29, 1.82) is 0 Å². The van der Waals surface area contributed by atoms with E-state index in [-0.39, 0.29) is 0 Å². The van der Waals surface area contributed by atoms with Gasteiger partial charge in [0, 0.05) is 18.0 Å². The van der Waals surface area contributed by atoms with Crippen LogP contribution in [0.15, 0.2) is 42.6 Å². The Bertz CT molecular complexity index is 705. The number of anilines is 1. The largest absolute Gasteiger partial charge is 0.496 e. The van der Waals surface area contributed by atoms with Crippen molar-refractivity contribution >= 4 is 11.3 Å². The normalized spacial score (nSPS) is 10.7. The second kappa shape index (κ2) is 4.03. The van der Waals surface area contributed by atoms with E-state index >= 15 is 0 Å². The molecule has 90 valence electrons. The lowest BCUT2D eigenvalue weighted by Crippen LogP contribution is -1.94. The predicted molar refractivity (Wildman–Crippen MR) is 69.4 cm³/mol. The van der Waals surface area contributed by atoms with Crippen LogP contribution < -0.4 is 10.5 Å². The molecule has 2 aromatic heterocycles. The average Bonchev–Trinajstić information content (AvgIpc) is 2.82. The predicted octanol–water partition coefficient (Wildman–Crippen LogP) is 1.99. The van der Waals surface area contributed by atoms with Crippen LogP contribution in [-0.2, 0) is 0 Å². The molecule has 0 amide bonds. The molecule has 0 atom stereocenters. The molecular weight excluding hydrogens is 228 g/mol. The van der Waals surface area contributed by atoms with Gasteiger partial charge in [-0.1, -0.05) is 6.07 Å². The topological polar surface area (TPSA) is 65.4 Å². The Kier molecular flexibility index (Phi) is 2.37. The minimum absolute atomic E-state index is 0.657. The molecule has 3 rings (SSSR count). The maximum atomic E-state index is 5.75. The summed E-state index contributed by atoms with van der Waals surface area (Å²) in [4.78, 5) is 0. The highest BCUT2D eigenvalue weighted by molar-refractivity contribution is 5.69. The number of aromatic nitrogens is 3. The zero-order valence-corrected chi connectivity index (χ0v) is 9.87. The van der Waals surface area contributed by atoms with Gasteiger partial charge in [-0.15, -0.1) is 10.2 Å². The fraction of sp³-hybridized carbons (Fsp3) is 0.0769. The van der Waals surface area contributed by atoms with Crippen molar-refractivity contribution in [3.8, 4) is 17.1 Å². The summed E-state index contributed by atoms with van der Waals surface area (Å²) >= 11 is 0. The molecule has 0 aliphatic carbocycles. The van der Waals surface area contributed by atoms with Crippen LogP contribution in [0.5, 0.6) is 5.75 Å². The minimum Gasteiger partial charge on any atom is -0.496 e. The van der Waals surface area contributed by atoms with Crippen molar-refractivity contribution in [1.82, 2.24) is 14.6 Å². The van der Waals surface area contributed by atoms with Crippen molar-refractivity contribution < 1.29 is 4.74 Å². The Morgan fingerprint density at radius 3 is 2.89 bits per heavy atom. The Morgan fingerprint density at radius 1 is 1.17 bits per heavy atom. The van der Waals surface area contributed by atoms with Crippen LogP contribution in [-0.4, -0.2) is 21.7 Å². The smallest absolute Gasteiger partial charge is 0.172 e. The first-order valence-corrected chi connectivity index (χ1v) is 5.53. The Balaban J connectivity index is 2.26. The lowest BCUT2D eigenvalue weighted by molar-refractivity contribution is 0.416. The maximum absolute atomic E-state index is 5.75. The number of nitrogens with two attached hydrogens (primary N) is 1. The van der Waals surface area contributed by atoms with E-state index < -0.39 is 0 Å². The molecule has 5 nitrogen and oxygen atoms in total. The number of nitrogen functional groups attached to an aromatic ring is 1. The highest BCUT2D eigenvalue weighted by atomic mass is 16.5. The summed E-state index contributed by atoms with van der Waals surface area (Å²) in [6.45, 7) is 0. The third-order valence-corrected chi connectivity index (χ3v) is 2.78. The molecule has 3 aromatic rings. The van der Waals surface area contributed by atoms with Crippen LogP contribution in [0.4, 0.5) is 5.69 Å². The second-order valence-corrected chi connectivity index (χ2v) is 3.91. The summed E-state index contributed by atoms with van der Waals surface area (Å²) in [5.74, 6) is 1.43. The maximum Gasteiger partial charge on any atom is 0.172 e. The fourth-order valence-electron chi connectivity index (χ4n) is 1.92. The van der Waals surface area contributed by atoms with Crippen LogP contribution in [0.1, 0.15) is 0 Å². The SMILES string of the molecule is COc1cc(N)ccc1-c1nnc2ccccn12. The van der Waals surface area contributed by atoms with Gasteiger partial charge in [-0.05, 0) is 24.3 Å². The van der Waals surface area contributed by atoms with Gasteiger partial charge in [0.2, 0.25) is 0 Å². The molecule has 2 heterocycles. The molecule has 0 unspecified atom stereocenters. The summed E-state index contributed by atoms with van der Waals surface area (Å²) in [7, 11) is 1.61. The summed E-state index contributed by atoms with van der Waals surface area (Å²) in [6.07, 6.45) is 1.92. The first kappa shape index (κ1) is 10.6. The van der Waals surface area contributed by atoms with Crippen molar-refractivity contribution in [3.63, 3.8) is 0 Å². The van der Waals surface area contributed by atoms with Crippen LogP contribution in [0.3, 0.4) is 0 Å². The second-order valence-electron chi connectivity index (χ2n) is 3.91. The molecule has 0 saturated heterocycles. The van der Waals surface area contributed by atoms with E-state index in [1.54, 1.807) is 13.2 Å². The van der Waals surface area contributed by atoms with E-state index in [9.17, 15) is 0 Å². The van der Waals surface area contributed by atoms with E-state index in [2.05, 4.69) is 10.2 Å². The summed E-state index contributed by atoms with van der Waals surface area (Å²) in [5.41, 5.74) is 8.07. The monoisotopic (exact) mass is 240 g/mol. The van der Waals surface area contributed by atoms with Gasteiger partial charge in [0.15, 0.2) is 11.5 Å². The first-order valence-electron chi connectivity index (χ1n) is 5.53. The van der Waals surface area contributed by atoms with Gasteiger partial charge in [0.25, 0.3) is 0 Å². The average molecular weight is 240 g/mol. The first-order chi connectivity index (χ1) is 8.79. The molecule has 0 aliphatic heterocycles. The Hall–Kier alpha value is -2.56. The zero-order valence-electron chi connectivity index (χ0n) is 9.87. The van der Waals surface area contributed by atoms with Gasteiger partial charge >= 0.3 is 0 Å². The lowest BCUT2D eigenvalue weighted by atomic mass is 10.1. The van der Waals surface area contributed by atoms with E-state index in [1.807, 2.05) is 40.9 Å². The molecule has 0 bridgehead atoms. The third-order valence-electron chi connectivity index (χ3n) is 2.78. The molecule has 0 fully saturated rings. The number of pyridine rings is 1. The molecular formula is C13H12N4O. The number of fused-ring (bicyclic) bond motifs is 1. The van der Waals surface area contributed by atoms with Crippen LogP contribution in [0, 0.1) is 0 Å². The standard InChI is InChI=1S/C13H12N4O/c1-18-11-8-9(14)5-6-10(11)13-16-15-12-4-2-3-7-17(12)13/h2-8H,14H2,1H3. The van der Waals surface area contributed by atoms with Gasteiger partial charge in [0.05, 0.1) is 12.7 Å². The molecule has 0 aliphatic rings. The molecule has 2 N–H and O–H groups in total. The molecule has 0 saturated carbocycles. The van der Waals surface area contributed by atoms with E-state index in [4.69, 9.17) is 10.5 Å². The number of hydrogen-bond donors (Lipinski definition) is 1. The molecule has 18 heavy (non-hydrogen) atoms. The van der Waals surface area contributed by atoms with Crippen molar-refractivity contribution in [2.45, 2.75) is 0 Å². The van der Waals surface area contributed by atoms with Gasteiger partial charge in [-0.3, -0.25) is 4.40 Å². The highest BCUT2D eigenvalue weighted by Gasteiger charge is 2.12. The minimum atomic E-state index is 0.657. The number of ether oxygens (including phenoxy) is 1. The van der Waals surface area contributed by atoms with E-state index in [0.717, 1.165) is 17.0 Å². The van der Waals surface area contributed by atoms with Crippen molar-refractivity contribution in [2.24, 2.45) is 0 Å². The number of hydrogen-bond acceptors (Lipinski definition) is 4. The Labute approximate surface area is 104 Å². The van der Waals surface area contributed by atoms with Crippen LogP contribution >= 0.6 is 0 Å². The van der Waals surface area contributed by atoms with Gasteiger partial charge < -0.3 is 10.5 Å². The summed E-state index contributed by atoms with van der Waals surface area (Å²) in [6, 6.07) is 11.2. The quantitative estimate of drug-likeness (QED) is 0.696. The molecule has 0 radical (unpaired) electrons. The fourth-order valence-corrected chi connectivity index (χ4v) is 1.92. The highest BCUT2D eigenvalue weighted by Crippen LogP contribution is 2.30. The van der Waals surface area contributed by atoms with Gasteiger partial charge in [-0.25, -0.2) is 0 Å². The van der Waals surface area contributed by atoms with Gasteiger partial charge in [0.1, 0.15) is 5.75 Å². The van der Waals surface area contributed by atoms with Crippen molar-refractivity contribution in [2.75, 3.05) is 12.8 Å². The lowest BCUT2D eigenvalue weighted by Gasteiger charge is -2.07. The number of methoxy groups -OCH3 is 1. The molecule has 5 heteroatoms. The van der Waals surface area contributed by atoms with E-state index in [1.165, 1.54) is 0 Å². The number of nitrogens with zero attached hydrogens (tertiary/aromatic N) is 3. The van der Waals surface area contributed by atoms with Crippen molar-refractivity contribution in [3.05, 3.63) is 42.6 Å². The summed E-state index contributed by atoms with van der Waals surface area (Å²) < 4.78 is 7.25. The van der Waals surface area contributed by atoms with Crippen LogP contribution in [0.2, 0.25) is 0 Å². The molecule has 1 aromatic carbocycles.